The molecular formula is C19H23N5O. The summed E-state index contributed by atoms with van der Waals surface area (Å²) < 4.78 is 1.64. The first-order chi connectivity index (χ1) is 12.1. The van der Waals surface area contributed by atoms with Crippen molar-refractivity contribution in [3.63, 3.8) is 0 Å². The van der Waals surface area contributed by atoms with E-state index < -0.39 is 0 Å². The molecule has 1 aliphatic carbocycles. The zero-order valence-electron chi connectivity index (χ0n) is 14.6. The fourth-order valence-electron chi connectivity index (χ4n) is 3.82. The Hall–Kier alpha value is -2.63. The zero-order valence-corrected chi connectivity index (χ0v) is 14.6. The van der Waals surface area contributed by atoms with Crippen molar-refractivity contribution in [1.82, 2.24) is 25.1 Å². The van der Waals surface area contributed by atoms with Crippen LogP contribution in [0.4, 0.5) is 0 Å². The first-order valence-corrected chi connectivity index (χ1v) is 8.86. The smallest absolute Gasteiger partial charge is 0.269 e. The monoisotopic (exact) mass is 337 g/mol. The van der Waals surface area contributed by atoms with Crippen molar-refractivity contribution in [2.24, 2.45) is 7.05 Å². The van der Waals surface area contributed by atoms with Crippen LogP contribution in [0.3, 0.4) is 0 Å². The van der Waals surface area contributed by atoms with Crippen LogP contribution in [0.2, 0.25) is 0 Å². The molecule has 1 aliphatic rings. The average molecular weight is 337 g/mol. The summed E-state index contributed by atoms with van der Waals surface area (Å²) in [6, 6.07) is 10.1. The number of para-hydroxylation sites is 2. The van der Waals surface area contributed by atoms with Crippen LogP contribution in [0, 0.1) is 6.92 Å². The molecule has 1 amide bonds. The van der Waals surface area contributed by atoms with Gasteiger partial charge in [0.05, 0.1) is 16.7 Å². The standard InChI is InChI=1S/C19H23N5O/c1-12-10-17(24(2)23-12)19(25)20-14-7-5-6-13(11-14)18-21-15-8-3-4-9-16(15)22-18/h3-4,8-10,13-14H,5-7,11H2,1-2H3,(H,20,25)(H,21,22)/t13-,14?/m0/s1. The van der Waals surface area contributed by atoms with Crippen LogP contribution in [0.5, 0.6) is 0 Å². The van der Waals surface area contributed by atoms with E-state index in [1.165, 1.54) is 0 Å². The molecule has 4 rings (SSSR count). The third kappa shape index (κ3) is 3.16. The van der Waals surface area contributed by atoms with Gasteiger partial charge >= 0.3 is 0 Å². The van der Waals surface area contributed by atoms with Crippen LogP contribution < -0.4 is 5.32 Å². The van der Waals surface area contributed by atoms with Gasteiger partial charge < -0.3 is 10.3 Å². The molecule has 130 valence electrons. The van der Waals surface area contributed by atoms with Gasteiger partial charge in [0.1, 0.15) is 11.5 Å². The van der Waals surface area contributed by atoms with Crippen LogP contribution in [0.25, 0.3) is 11.0 Å². The number of nitrogens with one attached hydrogen (secondary N) is 2. The van der Waals surface area contributed by atoms with Gasteiger partial charge in [-0.25, -0.2) is 4.98 Å². The van der Waals surface area contributed by atoms with Crippen molar-refractivity contribution in [3.8, 4) is 0 Å². The highest BCUT2D eigenvalue weighted by Crippen LogP contribution is 2.32. The Morgan fingerprint density at radius 3 is 2.92 bits per heavy atom. The Morgan fingerprint density at radius 2 is 2.16 bits per heavy atom. The van der Waals surface area contributed by atoms with E-state index in [4.69, 9.17) is 4.98 Å². The molecule has 1 unspecified atom stereocenters. The van der Waals surface area contributed by atoms with E-state index in [1.54, 1.807) is 11.7 Å². The van der Waals surface area contributed by atoms with Crippen molar-refractivity contribution in [2.75, 3.05) is 0 Å². The molecule has 6 nitrogen and oxygen atoms in total. The molecule has 0 bridgehead atoms. The van der Waals surface area contributed by atoms with Crippen LogP contribution in [-0.2, 0) is 7.05 Å². The van der Waals surface area contributed by atoms with Crippen molar-refractivity contribution in [2.45, 2.75) is 44.6 Å². The lowest BCUT2D eigenvalue weighted by atomic mass is 9.85. The molecule has 2 N–H and O–H groups in total. The molecule has 0 aliphatic heterocycles. The lowest BCUT2D eigenvalue weighted by Gasteiger charge is -2.28. The number of nitrogens with zero attached hydrogens (tertiary/aromatic N) is 3. The summed E-state index contributed by atoms with van der Waals surface area (Å²) in [6.45, 7) is 1.90. The third-order valence-corrected chi connectivity index (χ3v) is 5.04. The van der Waals surface area contributed by atoms with Crippen LogP contribution in [-0.4, -0.2) is 31.7 Å². The Kier molecular flexibility index (Phi) is 4.03. The van der Waals surface area contributed by atoms with Crippen molar-refractivity contribution < 1.29 is 4.79 Å². The molecule has 0 saturated heterocycles. The van der Waals surface area contributed by atoms with E-state index in [0.717, 1.165) is 48.2 Å². The quantitative estimate of drug-likeness (QED) is 0.771. The number of carbonyl (C=O) groups is 1. The van der Waals surface area contributed by atoms with E-state index in [1.807, 2.05) is 31.2 Å². The molecule has 1 saturated carbocycles. The summed E-state index contributed by atoms with van der Waals surface area (Å²) in [6.07, 6.45) is 4.13. The first-order valence-electron chi connectivity index (χ1n) is 8.86. The van der Waals surface area contributed by atoms with E-state index >= 15 is 0 Å². The fourth-order valence-corrected chi connectivity index (χ4v) is 3.82. The second-order valence-electron chi connectivity index (χ2n) is 6.97. The highest BCUT2D eigenvalue weighted by molar-refractivity contribution is 5.92. The van der Waals surface area contributed by atoms with E-state index in [0.29, 0.717) is 11.6 Å². The molecule has 2 heterocycles. The van der Waals surface area contributed by atoms with Gasteiger partial charge in [0.2, 0.25) is 0 Å². The zero-order chi connectivity index (χ0) is 17.4. The summed E-state index contributed by atoms with van der Waals surface area (Å²) >= 11 is 0. The number of hydrogen-bond acceptors (Lipinski definition) is 3. The second kappa shape index (κ2) is 6.35. The molecule has 0 spiro atoms. The molecule has 25 heavy (non-hydrogen) atoms. The number of carbonyl (C=O) groups excluding carboxylic acids is 1. The first kappa shape index (κ1) is 15.9. The van der Waals surface area contributed by atoms with Crippen LogP contribution in [0.1, 0.15) is 53.6 Å². The normalized spacial score (nSPS) is 20.7. The van der Waals surface area contributed by atoms with Crippen molar-refractivity contribution in [3.05, 3.63) is 47.5 Å². The Labute approximate surface area is 146 Å². The SMILES string of the molecule is Cc1cc(C(=O)NC2CCC[C@H](c3nc4ccccc4[nH]3)C2)n(C)n1. The average Bonchev–Trinajstić information content (AvgIpc) is 3.18. The van der Waals surface area contributed by atoms with Gasteiger partial charge in [-0.3, -0.25) is 9.48 Å². The minimum absolute atomic E-state index is 0.0432. The second-order valence-corrected chi connectivity index (χ2v) is 6.97. The highest BCUT2D eigenvalue weighted by atomic mass is 16.2. The van der Waals surface area contributed by atoms with Gasteiger partial charge in [-0.15, -0.1) is 0 Å². The topological polar surface area (TPSA) is 75.6 Å². The molecule has 1 fully saturated rings. The van der Waals surface area contributed by atoms with E-state index in [-0.39, 0.29) is 11.9 Å². The Morgan fingerprint density at radius 1 is 1.32 bits per heavy atom. The molecule has 3 aromatic rings. The third-order valence-electron chi connectivity index (χ3n) is 5.04. The minimum atomic E-state index is -0.0432. The van der Waals surface area contributed by atoms with Gasteiger partial charge in [0.25, 0.3) is 5.91 Å². The number of H-pyrrole nitrogens is 1. The number of rotatable bonds is 3. The van der Waals surface area contributed by atoms with Gasteiger partial charge in [0.15, 0.2) is 0 Å². The van der Waals surface area contributed by atoms with Crippen LogP contribution >= 0.6 is 0 Å². The number of benzene rings is 1. The molecule has 0 radical (unpaired) electrons. The van der Waals surface area contributed by atoms with E-state index in [9.17, 15) is 4.79 Å². The predicted molar refractivity (Wildman–Crippen MR) is 96.5 cm³/mol. The number of imidazole rings is 1. The van der Waals surface area contributed by atoms with Crippen molar-refractivity contribution in [1.29, 1.82) is 0 Å². The molecular weight excluding hydrogens is 314 g/mol. The van der Waals surface area contributed by atoms with Gasteiger partial charge in [-0.05, 0) is 44.4 Å². The Bertz CT molecular complexity index is 877. The van der Waals surface area contributed by atoms with E-state index in [2.05, 4.69) is 21.5 Å². The number of aromatic amines is 1. The largest absolute Gasteiger partial charge is 0.348 e. The van der Waals surface area contributed by atoms with Crippen LogP contribution in [0.15, 0.2) is 30.3 Å². The summed E-state index contributed by atoms with van der Waals surface area (Å²) in [4.78, 5) is 20.7. The number of hydrogen-bond donors (Lipinski definition) is 2. The predicted octanol–water partition coefficient (Wildman–Crippen LogP) is 3.06. The van der Waals surface area contributed by atoms with Gasteiger partial charge in [-0.2, -0.15) is 5.10 Å². The molecule has 1 aromatic carbocycles. The highest BCUT2D eigenvalue weighted by Gasteiger charge is 2.27. The summed E-state index contributed by atoms with van der Waals surface area (Å²) in [7, 11) is 1.81. The van der Waals surface area contributed by atoms with Crippen molar-refractivity contribution >= 4 is 16.9 Å². The lowest BCUT2D eigenvalue weighted by Crippen LogP contribution is -2.38. The maximum Gasteiger partial charge on any atom is 0.269 e. The number of aryl methyl sites for hydroxylation is 2. The molecule has 2 aromatic heterocycles. The number of fused-ring (bicyclic) bond motifs is 1. The maximum absolute atomic E-state index is 12.5. The minimum Gasteiger partial charge on any atom is -0.348 e. The molecule has 6 heteroatoms. The summed E-state index contributed by atoms with van der Waals surface area (Å²) in [5.74, 6) is 1.36. The fraction of sp³-hybridized carbons (Fsp3) is 0.421. The number of amides is 1. The Balaban J connectivity index is 1.47. The summed E-state index contributed by atoms with van der Waals surface area (Å²) in [5, 5.41) is 7.43. The maximum atomic E-state index is 12.5. The number of aromatic nitrogens is 4. The molecule has 2 atom stereocenters. The lowest BCUT2D eigenvalue weighted by molar-refractivity contribution is 0.0915. The van der Waals surface area contributed by atoms with Gasteiger partial charge in [0, 0.05) is 19.0 Å². The summed E-state index contributed by atoms with van der Waals surface area (Å²) in [5.41, 5.74) is 3.56. The van der Waals surface area contributed by atoms with Gasteiger partial charge in [-0.1, -0.05) is 18.6 Å².